The van der Waals surface area contributed by atoms with Crippen molar-refractivity contribution in [1.82, 2.24) is 4.90 Å². The molecule has 0 spiro atoms. The van der Waals surface area contributed by atoms with Crippen molar-refractivity contribution in [3.63, 3.8) is 0 Å². The van der Waals surface area contributed by atoms with Crippen molar-refractivity contribution in [2.45, 2.75) is 13.5 Å². The molecule has 7 nitrogen and oxygen atoms in total. The summed E-state index contributed by atoms with van der Waals surface area (Å²) in [6.07, 6.45) is 0. The molecule has 0 heterocycles. The Morgan fingerprint density at radius 2 is 2.04 bits per heavy atom. The Morgan fingerprint density at radius 1 is 1.31 bits per heavy atom. The van der Waals surface area contributed by atoms with Gasteiger partial charge < -0.3 is 10.1 Å². The molecule has 1 amide bonds. The van der Waals surface area contributed by atoms with Gasteiger partial charge in [-0.3, -0.25) is 19.8 Å². The highest BCUT2D eigenvalue weighted by Gasteiger charge is 2.15. The summed E-state index contributed by atoms with van der Waals surface area (Å²) < 4.78 is 5.13. The van der Waals surface area contributed by atoms with E-state index in [1.165, 1.54) is 25.3 Å². The molecule has 0 radical (unpaired) electrons. The average Bonchev–Trinajstić information content (AvgIpc) is 2.63. The number of benzene rings is 2. The predicted molar refractivity (Wildman–Crippen MR) is 101 cm³/mol. The van der Waals surface area contributed by atoms with Crippen molar-refractivity contribution in [3.8, 4) is 5.75 Å². The third-order valence-electron chi connectivity index (χ3n) is 3.84. The Bertz CT molecular complexity index is 798. The lowest BCUT2D eigenvalue weighted by Gasteiger charge is -2.21. The molecule has 0 saturated heterocycles. The molecular formula is C18H20ClN3O4. The van der Waals surface area contributed by atoms with Crippen molar-refractivity contribution in [2.24, 2.45) is 0 Å². The lowest BCUT2D eigenvalue weighted by atomic mass is 10.2. The fraction of sp³-hybridized carbons (Fsp3) is 0.278. The van der Waals surface area contributed by atoms with Crippen LogP contribution in [-0.2, 0) is 11.3 Å². The first-order chi connectivity index (χ1) is 12.4. The Hall–Kier alpha value is -2.64. The van der Waals surface area contributed by atoms with Gasteiger partial charge in [0.05, 0.1) is 30.3 Å². The van der Waals surface area contributed by atoms with Crippen molar-refractivity contribution < 1.29 is 14.5 Å². The summed E-state index contributed by atoms with van der Waals surface area (Å²) >= 11 is 6.17. The van der Waals surface area contributed by atoms with Gasteiger partial charge in [-0.25, -0.2) is 0 Å². The molecule has 0 aliphatic rings. The van der Waals surface area contributed by atoms with Gasteiger partial charge in [0.2, 0.25) is 5.91 Å². The molecule has 1 N–H and O–H groups in total. The second-order valence-electron chi connectivity index (χ2n) is 5.58. The normalized spacial score (nSPS) is 10.6. The first-order valence-corrected chi connectivity index (χ1v) is 8.40. The first-order valence-electron chi connectivity index (χ1n) is 8.02. The van der Waals surface area contributed by atoms with Gasteiger partial charge in [-0.1, -0.05) is 36.7 Å². The number of nitrogens with zero attached hydrogens (tertiary/aromatic N) is 2. The number of nitro groups is 1. The van der Waals surface area contributed by atoms with Crippen LogP contribution in [0.15, 0.2) is 42.5 Å². The predicted octanol–water partition coefficient (Wildman–Crippen LogP) is 3.72. The lowest BCUT2D eigenvalue weighted by molar-refractivity contribution is -0.384. The number of ether oxygens (including phenoxy) is 1. The number of nitrogens with one attached hydrogen (secondary N) is 1. The Balaban J connectivity index is 2.05. The van der Waals surface area contributed by atoms with Crippen LogP contribution in [-0.4, -0.2) is 35.9 Å². The Morgan fingerprint density at radius 3 is 2.65 bits per heavy atom. The highest BCUT2D eigenvalue weighted by atomic mass is 35.5. The standard InChI is InChI=1S/C18H20ClN3O4/c1-3-21(11-13-6-4-5-7-15(13)19)12-18(23)20-16-9-8-14(22(24)25)10-17(16)26-2/h4-10H,3,11-12H2,1-2H3,(H,20,23). The summed E-state index contributed by atoms with van der Waals surface area (Å²) in [6, 6.07) is 11.5. The van der Waals surface area contributed by atoms with E-state index in [1.54, 1.807) is 0 Å². The number of likely N-dealkylation sites (N-methyl/N-ethyl adjacent to an activating group) is 1. The molecule has 0 aliphatic heterocycles. The van der Waals surface area contributed by atoms with E-state index < -0.39 is 4.92 Å². The third kappa shape index (κ3) is 5.18. The molecule has 138 valence electrons. The van der Waals surface area contributed by atoms with Gasteiger partial charge in [0.25, 0.3) is 5.69 Å². The zero-order valence-electron chi connectivity index (χ0n) is 14.6. The number of amides is 1. The minimum Gasteiger partial charge on any atom is -0.494 e. The van der Waals surface area contributed by atoms with Crippen molar-refractivity contribution in [2.75, 3.05) is 25.5 Å². The zero-order valence-corrected chi connectivity index (χ0v) is 15.3. The van der Waals surface area contributed by atoms with Crippen LogP contribution in [0.5, 0.6) is 5.75 Å². The zero-order chi connectivity index (χ0) is 19.1. The van der Waals surface area contributed by atoms with Crippen molar-refractivity contribution in [1.29, 1.82) is 0 Å². The minimum atomic E-state index is -0.517. The van der Waals surface area contributed by atoms with Crippen LogP contribution in [0.3, 0.4) is 0 Å². The third-order valence-corrected chi connectivity index (χ3v) is 4.20. The van der Waals surface area contributed by atoms with E-state index in [0.717, 1.165) is 5.56 Å². The molecule has 0 saturated carbocycles. The Labute approximate surface area is 156 Å². The molecule has 0 aliphatic carbocycles. The largest absolute Gasteiger partial charge is 0.494 e. The highest BCUT2D eigenvalue weighted by Crippen LogP contribution is 2.29. The Kier molecular flexibility index (Phi) is 6.94. The van der Waals surface area contributed by atoms with Gasteiger partial charge in [-0.15, -0.1) is 0 Å². The van der Waals surface area contributed by atoms with E-state index in [1.807, 2.05) is 36.1 Å². The van der Waals surface area contributed by atoms with E-state index in [0.29, 0.717) is 23.8 Å². The maximum atomic E-state index is 12.4. The van der Waals surface area contributed by atoms with E-state index in [9.17, 15) is 14.9 Å². The fourth-order valence-electron chi connectivity index (χ4n) is 2.44. The summed E-state index contributed by atoms with van der Waals surface area (Å²) in [5.41, 5.74) is 1.22. The number of hydrogen-bond donors (Lipinski definition) is 1. The second-order valence-corrected chi connectivity index (χ2v) is 5.99. The lowest BCUT2D eigenvalue weighted by Crippen LogP contribution is -2.32. The summed E-state index contributed by atoms with van der Waals surface area (Å²) in [4.78, 5) is 24.6. The molecule has 2 aromatic rings. The van der Waals surface area contributed by atoms with Crippen LogP contribution in [0.4, 0.5) is 11.4 Å². The van der Waals surface area contributed by atoms with E-state index in [4.69, 9.17) is 16.3 Å². The maximum absolute atomic E-state index is 12.4. The van der Waals surface area contributed by atoms with E-state index in [-0.39, 0.29) is 23.9 Å². The van der Waals surface area contributed by atoms with Gasteiger partial charge in [-0.05, 0) is 24.2 Å². The summed E-state index contributed by atoms with van der Waals surface area (Å²) in [7, 11) is 1.39. The number of hydrogen-bond acceptors (Lipinski definition) is 5. The quantitative estimate of drug-likeness (QED) is 0.559. The molecule has 8 heteroatoms. The van der Waals surface area contributed by atoms with Gasteiger partial charge in [0.15, 0.2) is 0 Å². The van der Waals surface area contributed by atoms with Crippen LogP contribution in [0.2, 0.25) is 5.02 Å². The second kappa shape index (κ2) is 9.17. The average molecular weight is 378 g/mol. The van der Waals surface area contributed by atoms with Gasteiger partial charge >= 0.3 is 0 Å². The number of carbonyl (C=O) groups excluding carboxylic acids is 1. The number of methoxy groups -OCH3 is 1. The van der Waals surface area contributed by atoms with Gasteiger partial charge in [-0.2, -0.15) is 0 Å². The SMILES string of the molecule is CCN(CC(=O)Nc1ccc([N+](=O)[O-])cc1OC)Cc1ccccc1Cl. The van der Waals surface area contributed by atoms with Crippen LogP contribution in [0.25, 0.3) is 0 Å². The molecule has 0 bridgehead atoms. The molecule has 0 atom stereocenters. The molecule has 0 fully saturated rings. The maximum Gasteiger partial charge on any atom is 0.273 e. The van der Waals surface area contributed by atoms with Crippen LogP contribution in [0.1, 0.15) is 12.5 Å². The number of carbonyl (C=O) groups is 1. The summed E-state index contributed by atoms with van der Waals surface area (Å²) in [6.45, 7) is 3.31. The van der Waals surface area contributed by atoms with E-state index in [2.05, 4.69) is 5.32 Å². The van der Waals surface area contributed by atoms with E-state index >= 15 is 0 Å². The highest BCUT2D eigenvalue weighted by molar-refractivity contribution is 6.31. The number of non-ortho nitro benzene ring substituents is 1. The van der Waals surface area contributed by atoms with Gasteiger partial charge in [0.1, 0.15) is 5.75 Å². The summed E-state index contributed by atoms with van der Waals surface area (Å²) in [5, 5.41) is 14.2. The molecule has 0 unspecified atom stereocenters. The molecular weight excluding hydrogens is 358 g/mol. The number of nitro benzene ring substituents is 1. The van der Waals surface area contributed by atoms with Crippen molar-refractivity contribution in [3.05, 3.63) is 63.2 Å². The minimum absolute atomic E-state index is 0.103. The smallest absolute Gasteiger partial charge is 0.273 e. The van der Waals surface area contributed by atoms with Crippen LogP contribution in [0, 0.1) is 10.1 Å². The first kappa shape index (κ1) is 19.7. The number of halogens is 1. The number of rotatable bonds is 8. The van der Waals surface area contributed by atoms with Crippen LogP contribution >= 0.6 is 11.6 Å². The monoisotopic (exact) mass is 377 g/mol. The topological polar surface area (TPSA) is 84.7 Å². The van der Waals surface area contributed by atoms with Crippen LogP contribution < -0.4 is 10.1 Å². The molecule has 2 aromatic carbocycles. The van der Waals surface area contributed by atoms with Crippen molar-refractivity contribution >= 4 is 28.9 Å². The number of anilines is 1. The molecule has 2 rings (SSSR count). The molecule has 0 aromatic heterocycles. The fourth-order valence-corrected chi connectivity index (χ4v) is 2.63. The summed E-state index contributed by atoms with van der Waals surface area (Å²) in [5.74, 6) is -0.00670. The molecule has 26 heavy (non-hydrogen) atoms. The van der Waals surface area contributed by atoms with Gasteiger partial charge in [0, 0.05) is 17.6 Å².